The molecule has 1 N–H and O–H groups in total. The van der Waals surface area contributed by atoms with E-state index in [1.807, 2.05) is 43.0 Å². The molecule has 1 rings (SSSR count). The van der Waals surface area contributed by atoms with Crippen LogP contribution in [0.3, 0.4) is 0 Å². The van der Waals surface area contributed by atoms with E-state index in [-0.39, 0.29) is 0 Å². The second-order valence-corrected chi connectivity index (χ2v) is 4.16. The van der Waals surface area contributed by atoms with Gasteiger partial charge in [-0.25, -0.2) is 0 Å². The van der Waals surface area contributed by atoms with Crippen molar-refractivity contribution >= 4 is 23.3 Å². The third kappa shape index (κ3) is 3.14. The Kier molecular flexibility index (Phi) is 4.62. The van der Waals surface area contributed by atoms with E-state index in [4.69, 9.17) is 16.7 Å². The summed E-state index contributed by atoms with van der Waals surface area (Å²) in [5.41, 5.74) is 2.16. The van der Waals surface area contributed by atoms with Gasteiger partial charge in [0.15, 0.2) is 0 Å². The van der Waals surface area contributed by atoms with Gasteiger partial charge in [-0.05, 0) is 25.5 Å². The minimum Gasteiger partial charge on any atom is -0.480 e. The van der Waals surface area contributed by atoms with Crippen molar-refractivity contribution in [2.24, 2.45) is 0 Å². The van der Waals surface area contributed by atoms with E-state index >= 15 is 0 Å². The molecule has 0 saturated carbocycles. The number of para-hydroxylation sites is 1. The number of aliphatic carboxylic acids is 1. The quantitative estimate of drug-likeness (QED) is 0.806. The van der Waals surface area contributed by atoms with Crippen LogP contribution < -0.4 is 4.90 Å². The van der Waals surface area contributed by atoms with Crippen LogP contribution in [0.15, 0.2) is 24.3 Å². The van der Waals surface area contributed by atoms with E-state index < -0.39 is 11.3 Å². The molecule has 0 aromatic heterocycles. The van der Waals surface area contributed by atoms with Crippen molar-refractivity contribution in [3.63, 3.8) is 0 Å². The summed E-state index contributed by atoms with van der Waals surface area (Å²) in [6.07, 6.45) is 0. The van der Waals surface area contributed by atoms with Gasteiger partial charge in [0, 0.05) is 18.8 Å². The van der Waals surface area contributed by atoms with E-state index in [0.717, 1.165) is 17.8 Å². The molecule has 0 aliphatic rings. The molecular formula is C12H16ClNO2. The zero-order valence-electron chi connectivity index (χ0n) is 9.48. The molecule has 0 saturated heterocycles. The summed E-state index contributed by atoms with van der Waals surface area (Å²) in [6.45, 7) is 5.04. The second kappa shape index (κ2) is 5.75. The lowest BCUT2D eigenvalue weighted by atomic mass is 10.1. The Morgan fingerprint density at radius 1 is 1.50 bits per heavy atom. The smallest absolute Gasteiger partial charge is 0.323 e. The first-order valence-electron chi connectivity index (χ1n) is 5.23. The maximum Gasteiger partial charge on any atom is 0.323 e. The third-order valence-corrected chi connectivity index (χ3v) is 2.81. The number of halogens is 1. The molecule has 0 bridgehead atoms. The first-order chi connectivity index (χ1) is 7.56. The topological polar surface area (TPSA) is 40.5 Å². The molecule has 1 aromatic rings. The highest BCUT2D eigenvalue weighted by molar-refractivity contribution is 6.30. The molecule has 0 spiro atoms. The van der Waals surface area contributed by atoms with Crippen LogP contribution >= 0.6 is 11.6 Å². The van der Waals surface area contributed by atoms with Crippen LogP contribution in [-0.2, 0) is 4.79 Å². The predicted molar refractivity (Wildman–Crippen MR) is 66.3 cm³/mol. The molecule has 16 heavy (non-hydrogen) atoms. The Labute approximate surface area is 101 Å². The minimum absolute atomic E-state index is 0.318. The summed E-state index contributed by atoms with van der Waals surface area (Å²) in [7, 11) is 0. The average molecular weight is 242 g/mol. The van der Waals surface area contributed by atoms with Crippen LogP contribution in [0.5, 0.6) is 0 Å². The predicted octanol–water partition coefficient (Wildman–Crippen LogP) is 2.51. The molecule has 3 nitrogen and oxygen atoms in total. The molecule has 1 aromatic carbocycles. The van der Waals surface area contributed by atoms with Gasteiger partial charge in [0.1, 0.15) is 5.38 Å². The summed E-state index contributed by atoms with van der Waals surface area (Å²) >= 11 is 5.75. The summed E-state index contributed by atoms with van der Waals surface area (Å²) in [6, 6.07) is 7.88. The van der Waals surface area contributed by atoms with E-state index in [2.05, 4.69) is 0 Å². The molecule has 1 atom stereocenters. The fourth-order valence-corrected chi connectivity index (χ4v) is 1.75. The number of carboxylic acids is 1. The number of alkyl halides is 1. The molecule has 88 valence electrons. The van der Waals surface area contributed by atoms with Crippen LogP contribution in [-0.4, -0.2) is 29.5 Å². The fourth-order valence-electron chi connectivity index (χ4n) is 1.59. The maximum atomic E-state index is 10.7. The van der Waals surface area contributed by atoms with Gasteiger partial charge in [-0.2, -0.15) is 0 Å². The second-order valence-electron chi connectivity index (χ2n) is 3.63. The number of benzene rings is 1. The Bertz CT molecular complexity index is 368. The van der Waals surface area contributed by atoms with Crippen molar-refractivity contribution in [3.8, 4) is 0 Å². The van der Waals surface area contributed by atoms with Crippen molar-refractivity contribution in [1.29, 1.82) is 0 Å². The normalized spacial score (nSPS) is 12.2. The number of rotatable bonds is 5. The molecule has 0 fully saturated rings. The number of aryl methyl sites for hydroxylation is 1. The Morgan fingerprint density at radius 3 is 2.62 bits per heavy atom. The molecule has 0 aliphatic carbocycles. The molecule has 1 unspecified atom stereocenters. The standard InChI is InChI=1S/C12H16ClNO2/c1-3-14(8-10(13)12(15)16)11-7-5-4-6-9(11)2/h4-7,10H,3,8H2,1-2H3,(H,15,16). The Hall–Kier alpha value is -1.22. The van der Waals surface area contributed by atoms with E-state index in [9.17, 15) is 4.79 Å². The molecule has 0 amide bonds. The largest absolute Gasteiger partial charge is 0.480 e. The maximum absolute atomic E-state index is 10.7. The number of anilines is 1. The first kappa shape index (κ1) is 12.8. The van der Waals surface area contributed by atoms with Crippen molar-refractivity contribution in [1.82, 2.24) is 0 Å². The van der Waals surface area contributed by atoms with Gasteiger partial charge in [-0.1, -0.05) is 18.2 Å². The summed E-state index contributed by atoms with van der Waals surface area (Å²) in [5.74, 6) is -0.978. The van der Waals surface area contributed by atoms with Gasteiger partial charge in [0.25, 0.3) is 0 Å². The van der Waals surface area contributed by atoms with Crippen molar-refractivity contribution in [2.75, 3.05) is 18.0 Å². The van der Waals surface area contributed by atoms with E-state index in [1.165, 1.54) is 0 Å². The van der Waals surface area contributed by atoms with Crippen molar-refractivity contribution in [2.45, 2.75) is 19.2 Å². The first-order valence-corrected chi connectivity index (χ1v) is 5.67. The van der Waals surface area contributed by atoms with E-state index in [1.54, 1.807) is 0 Å². The molecule has 0 radical (unpaired) electrons. The van der Waals surface area contributed by atoms with Crippen LogP contribution in [0.1, 0.15) is 12.5 Å². The summed E-state index contributed by atoms with van der Waals surface area (Å²) in [4.78, 5) is 12.7. The van der Waals surface area contributed by atoms with Gasteiger partial charge < -0.3 is 10.0 Å². The summed E-state index contributed by atoms with van der Waals surface area (Å²) < 4.78 is 0. The highest BCUT2D eigenvalue weighted by Crippen LogP contribution is 2.20. The lowest BCUT2D eigenvalue weighted by molar-refractivity contribution is -0.136. The highest BCUT2D eigenvalue weighted by Gasteiger charge is 2.18. The fraction of sp³-hybridized carbons (Fsp3) is 0.417. The highest BCUT2D eigenvalue weighted by atomic mass is 35.5. The number of hydrogen-bond acceptors (Lipinski definition) is 2. The third-order valence-electron chi connectivity index (χ3n) is 2.49. The molecular weight excluding hydrogens is 226 g/mol. The van der Waals surface area contributed by atoms with Gasteiger partial charge in [0.05, 0.1) is 0 Å². The molecule has 0 aliphatic heterocycles. The number of hydrogen-bond donors (Lipinski definition) is 1. The van der Waals surface area contributed by atoms with Crippen LogP contribution in [0.4, 0.5) is 5.69 Å². The summed E-state index contributed by atoms with van der Waals surface area (Å²) in [5, 5.41) is 7.91. The van der Waals surface area contributed by atoms with Crippen LogP contribution in [0.25, 0.3) is 0 Å². The van der Waals surface area contributed by atoms with Crippen molar-refractivity contribution < 1.29 is 9.90 Å². The van der Waals surface area contributed by atoms with Gasteiger partial charge in [0.2, 0.25) is 0 Å². The zero-order valence-corrected chi connectivity index (χ0v) is 10.2. The lowest BCUT2D eigenvalue weighted by Gasteiger charge is -2.25. The number of carbonyl (C=O) groups is 1. The average Bonchev–Trinajstić information content (AvgIpc) is 2.26. The Morgan fingerprint density at radius 2 is 2.12 bits per heavy atom. The molecule has 4 heteroatoms. The lowest BCUT2D eigenvalue weighted by Crippen LogP contribution is -2.34. The zero-order chi connectivity index (χ0) is 12.1. The monoisotopic (exact) mass is 241 g/mol. The van der Waals surface area contributed by atoms with Gasteiger partial charge >= 0.3 is 5.97 Å². The van der Waals surface area contributed by atoms with Crippen molar-refractivity contribution in [3.05, 3.63) is 29.8 Å². The Balaban J connectivity index is 2.83. The SMILES string of the molecule is CCN(CC(Cl)C(=O)O)c1ccccc1C. The van der Waals surface area contributed by atoms with Crippen LogP contribution in [0, 0.1) is 6.92 Å². The minimum atomic E-state index is -0.978. The van der Waals surface area contributed by atoms with Gasteiger partial charge in [-0.3, -0.25) is 4.79 Å². The van der Waals surface area contributed by atoms with Crippen LogP contribution in [0.2, 0.25) is 0 Å². The number of carboxylic acid groups (broad SMARTS) is 1. The van der Waals surface area contributed by atoms with Gasteiger partial charge in [-0.15, -0.1) is 11.6 Å². The molecule has 0 heterocycles. The number of nitrogens with zero attached hydrogens (tertiary/aromatic N) is 1. The van der Waals surface area contributed by atoms with E-state index in [0.29, 0.717) is 6.54 Å².